The van der Waals surface area contributed by atoms with E-state index in [2.05, 4.69) is 31.2 Å². The van der Waals surface area contributed by atoms with Gasteiger partial charge in [0.15, 0.2) is 0 Å². The van der Waals surface area contributed by atoms with Crippen LogP contribution in [0, 0.1) is 0 Å². The number of hydrogen-bond donors (Lipinski definition) is 1. The predicted octanol–water partition coefficient (Wildman–Crippen LogP) is 1.77. The third-order valence-electron chi connectivity index (χ3n) is 2.38. The fourth-order valence-corrected chi connectivity index (χ4v) is 1.42. The van der Waals surface area contributed by atoms with Crippen molar-refractivity contribution in [2.45, 2.75) is 25.9 Å². The first-order chi connectivity index (χ1) is 6.76. The van der Waals surface area contributed by atoms with E-state index in [0.717, 1.165) is 12.8 Å². The maximum absolute atomic E-state index is 5.48. The fraction of sp³-hybridized carbons (Fsp3) is 0.500. The molecule has 0 radical (unpaired) electrons. The Labute approximate surface area is 86.1 Å². The maximum Gasteiger partial charge on any atom is 0.0583 e. The summed E-state index contributed by atoms with van der Waals surface area (Å²) in [6.45, 7) is 2.79. The van der Waals surface area contributed by atoms with E-state index in [-0.39, 0.29) is 6.10 Å². The van der Waals surface area contributed by atoms with E-state index in [9.17, 15) is 0 Å². The van der Waals surface area contributed by atoms with Crippen LogP contribution in [0.1, 0.15) is 18.1 Å². The highest BCUT2D eigenvalue weighted by atomic mass is 16.5. The van der Waals surface area contributed by atoms with Crippen LogP contribution in [-0.4, -0.2) is 19.8 Å². The van der Waals surface area contributed by atoms with E-state index in [4.69, 9.17) is 10.5 Å². The van der Waals surface area contributed by atoms with Crippen LogP contribution in [-0.2, 0) is 17.6 Å². The van der Waals surface area contributed by atoms with Gasteiger partial charge in [-0.05, 0) is 37.4 Å². The average Bonchev–Trinajstić information content (AvgIpc) is 2.21. The monoisotopic (exact) mass is 193 g/mol. The minimum atomic E-state index is 0.287. The van der Waals surface area contributed by atoms with E-state index in [0.29, 0.717) is 6.54 Å². The summed E-state index contributed by atoms with van der Waals surface area (Å²) >= 11 is 0. The molecule has 0 aliphatic carbocycles. The maximum atomic E-state index is 5.48. The van der Waals surface area contributed by atoms with E-state index in [1.54, 1.807) is 7.11 Å². The molecule has 0 saturated heterocycles. The zero-order valence-electron chi connectivity index (χ0n) is 8.99. The van der Waals surface area contributed by atoms with Gasteiger partial charge in [0.25, 0.3) is 0 Å². The Morgan fingerprint density at radius 2 is 1.79 bits per heavy atom. The Balaban J connectivity index is 2.54. The topological polar surface area (TPSA) is 35.2 Å². The lowest BCUT2D eigenvalue weighted by Crippen LogP contribution is -2.08. The predicted molar refractivity (Wildman–Crippen MR) is 59.4 cm³/mol. The molecule has 1 atom stereocenters. The third-order valence-corrected chi connectivity index (χ3v) is 2.38. The lowest BCUT2D eigenvalue weighted by Gasteiger charge is -2.09. The van der Waals surface area contributed by atoms with Gasteiger partial charge in [-0.25, -0.2) is 0 Å². The van der Waals surface area contributed by atoms with Crippen molar-refractivity contribution < 1.29 is 4.74 Å². The number of hydrogen-bond acceptors (Lipinski definition) is 2. The Morgan fingerprint density at radius 1 is 1.21 bits per heavy atom. The summed E-state index contributed by atoms with van der Waals surface area (Å²) in [6, 6.07) is 8.59. The number of nitrogens with two attached hydrogens (primary N) is 1. The second-order valence-corrected chi connectivity index (χ2v) is 3.61. The standard InChI is InChI=1S/C12H19NO/c1-10(14-2)9-12-5-3-11(4-6-12)7-8-13/h3-6,10H,7-9,13H2,1-2H3. The van der Waals surface area contributed by atoms with Gasteiger partial charge in [-0.1, -0.05) is 24.3 Å². The van der Waals surface area contributed by atoms with Gasteiger partial charge in [-0.15, -0.1) is 0 Å². The summed E-state index contributed by atoms with van der Waals surface area (Å²) < 4.78 is 5.21. The first kappa shape index (κ1) is 11.2. The molecule has 2 nitrogen and oxygen atoms in total. The van der Waals surface area contributed by atoms with Crippen molar-refractivity contribution in [2.75, 3.05) is 13.7 Å². The van der Waals surface area contributed by atoms with Gasteiger partial charge in [-0.2, -0.15) is 0 Å². The molecule has 2 N–H and O–H groups in total. The highest BCUT2D eigenvalue weighted by Crippen LogP contribution is 2.08. The molecule has 0 saturated carbocycles. The van der Waals surface area contributed by atoms with Crippen LogP contribution in [0.2, 0.25) is 0 Å². The van der Waals surface area contributed by atoms with Crippen molar-refractivity contribution in [3.8, 4) is 0 Å². The zero-order valence-corrected chi connectivity index (χ0v) is 8.99. The normalized spacial score (nSPS) is 12.8. The van der Waals surface area contributed by atoms with Gasteiger partial charge < -0.3 is 10.5 Å². The summed E-state index contributed by atoms with van der Waals surface area (Å²) in [5.41, 5.74) is 8.11. The van der Waals surface area contributed by atoms with Crippen molar-refractivity contribution in [3.05, 3.63) is 35.4 Å². The van der Waals surface area contributed by atoms with Crippen molar-refractivity contribution in [2.24, 2.45) is 5.73 Å². The number of rotatable bonds is 5. The Morgan fingerprint density at radius 3 is 2.29 bits per heavy atom. The molecule has 0 aromatic heterocycles. The van der Waals surface area contributed by atoms with Crippen LogP contribution in [0.3, 0.4) is 0 Å². The van der Waals surface area contributed by atoms with E-state index >= 15 is 0 Å². The van der Waals surface area contributed by atoms with Crippen molar-refractivity contribution in [1.29, 1.82) is 0 Å². The second kappa shape index (κ2) is 5.78. The summed E-state index contributed by atoms with van der Waals surface area (Å²) in [4.78, 5) is 0. The van der Waals surface area contributed by atoms with Crippen molar-refractivity contribution in [1.82, 2.24) is 0 Å². The fourth-order valence-electron chi connectivity index (χ4n) is 1.42. The molecule has 1 rings (SSSR count). The first-order valence-electron chi connectivity index (χ1n) is 5.07. The van der Waals surface area contributed by atoms with Gasteiger partial charge >= 0.3 is 0 Å². The lowest BCUT2D eigenvalue weighted by atomic mass is 10.1. The molecule has 14 heavy (non-hydrogen) atoms. The summed E-state index contributed by atoms with van der Waals surface area (Å²) in [5, 5.41) is 0. The smallest absolute Gasteiger partial charge is 0.0583 e. The molecular weight excluding hydrogens is 174 g/mol. The molecule has 0 aliphatic rings. The van der Waals surface area contributed by atoms with Crippen LogP contribution >= 0.6 is 0 Å². The van der Waals surface area contributed by atoms with Gasteiger partial charge in [0, 0.05) is 7.11 Å². The molecule has 0 spiro atoms. The summed E-state index contributed by atoms with van der Waals surface area (Å²) in [7, 11) is 1.74. The highest BCUT2D eigenvalue weighted by molar-refractivity contribution is 5.23. The highest BCUT2D eigenvalue weighted by Gasteiger charge is 2.01. The molecule has 0 fully saturated rings. The average molecular weight is 193 g/mol. The second-order valence-electron chi connectivity index (χ2n) is 3.61. The number of methoxy groups -OCH3 is 1. The third kappa shape index (κ3) is 3.48. The van der Waals surface area contributed by atoms with Gasteiger partial charge in [0.2, 0.25) is 0 Å². The molecule has 1 unspecified atom stereocenters. The van der Waals surface area contributed by atoms with Crippen LogP contribution in [0.15, 0.2) is 24.3 Å². The molecule has 0 bridgehead atoms. The Kier molecular flexibility index (Phi) is 4.63. The van der Waals surface area contributed by atoms with Gasteiger partial charge in [0.05, 0.1) is 6.10 Å². The van der Waals surface area contributed by atoms with E-state index in [1.165, 1.54) is 11.1 Å². The Bertz CT molecular complexity index is 256. The summed E-state index contributed by atoms with van der Waals surface area (Å²) in [6.07, 6.45) is 2.22. The molecule has 0 heterocycles. The zero-order chi connectivity index (χ0) is 10.4. The minimum absolute atomic E-state index is 0.287. The molecule has 0 aliphatic heterocycles. The molecule has 1 aromatic carbocycles. The molecule has 78 valence electrons. The SMILES string of the molecule is COC(C)Cc1ccc(CCN)cc1. The van der Waals surface area contributed by atoms with Gasteiger partial charge in [0.1, 0.15) is 0 Å². The number of ether oxygens (including phenoxy) is 1. The Hall–Kier alpha value is -0.860. The van der Waals surface area contributed by atoms with Crippen LogP contribution < -0.4 is 5.73 Å². The molecule has 2 heteroatoms. The molecular formula is C12H19NO. The largest absolute Gasteiger partial charge is 0.381 e. The van der Waals surface area contributed by atoms with Crippen molar-refractivity contribution >= 4 is 0 Å². The van der Waals surface area contributed by atoms with E-state index < -0.39 is 0 Å². The van der Waals surface area contributed by atoms with Crippen LogP contribution in [0.5, 0.6) is 0 Å². The van der Waals surface area contributed by atoms with Crippen LogP contribution in [0.25, 0.3) is 0 Å². The number of benzene rings is 1. The minimum Gasteiger partial charge on any atom is -0.381 e. The van der Waals surface area contributed by atoms with Crippen LogP contribution in [0.4, 0.5) is 0 Å². The summed E-state index contributed by atoms with van der Waals surface area (Å²) in [5.74, 6) is 0. The first-order valence-corrected chi connectivity index (χ1v) is 5.07. The van der Waals surface area contributed by atoms with Gasteiger partial charge in [-0.3, -0.25) is 0 Å². The molecule has 0 amide bonds. The molecule has 1 aromatic rings. The lowest BCUT2D eigenvalue weighted by molar-refractivity contribution is 0.119. The quantitative estimate of drug-likeness (QED) is 0.773. The van der Waals surface area contributed by atoms with Crippen molar-refractivity contribution in [3.63, 3.8) is 0 Å². The van der Waals surface area contributed by atoms with E-state index in [1.807, 2.05) is 0 Å².